The van der Waals surface area contributed by atoms with Gasteiger partial charge in [0.15, 0.2) is 0 Å². The first-order chi connectivity index (χ1) is 10.1. The summed E-state index contributed by atoms with van der Waals surface area (Å²) in [6.07, 6.45) is 2.03. The van der Waals surface area contributed by atoms with Crippen molar-refractivity contribution in [2.24, 2.45) is 0 Å². The summed E-state index contributed by atoms with van der Waals surface area (Å²) in [5.41, 5.74) is 1.76. The van der Waals surface area contributed by atoms with Crippen molar-refractivity contribution in [1.29, 1.82) is 0 Å². The van der Waals surface area contributed by atoms with Crippen molar-refractivity contribution >= 4 is 11.6 Å². The summed E-state index contributed by atoms with van der Waals surface area (Å²) in [5, 5.41) is 4.08. The zero-order chi connectivity index (χ0) is 14.8. The fourth-order valence-corrected chi connectivity index (χ4v) is 2.94. The van der Waals surface area contributed by atoms with Crippen LogP contribution in [0, 0.1) is 11.6 Å². The summed E-state index contributed by atoms with van der Waals surface area (Å²) in [6, 6.07) is 12.0. The Morgan fingerprint density at radius 2 is 1.90 bits per heavy atom. The lowest BCUT2D eigenvalue weighted by atomic mass is 9.76. The molecule has 1 saturated carbocycles. The molecule has 0 aromatic heterocycles. The summed E-state index contributed by atoms with van der Waals surface area (Å²) in [5.74, 6) is -0.520. The van der Waals surface area contributed by atoms with E-state index in [0.717, 1.165) is 23.9 Å². The minimum Gasteiger partial charge on any atom is -0.310 e. The largest absolute Gasteiger partial charge is 0.310 e. The molecule has 1 nitrogen and oxygen atoms in total. The highest BCUT2D eigenvalue weighted by atomic mass is 35.5. The van der Waals surface area contributed by atoms with E-state index in [1.165, 1.54) is 17.7 Å². The maximum Gasteiger partial charge on any atom is 0.130 e. The molecule has 2 aromatic carbocycles. The third kappa shape index (κ3) is 3.42. The molecule has 21 heavy (non-hydrogen) atoms. The van der Waals surface area contributed by atoms with E-state index in [1.54, 1.807) is 0 Å². The second kappa shape index (κ2) is 6.12. The Morgan fingerprint density at radius 1 is 1.10 bits per heavy atom. The fraction of sp³-hybridized carbons (Fsp3) is 0.294. The molecule has 1 aliphatic rings. The van der Waals surface area contributed by atoms with E-state index in [0.29, 0.717) is 24.1 Å². The van der Waals surface area contributed by atoms with Crippen molar-refractivity contribution < 1.29 is 8.78 Å². The van der Waals surface area contributed by atoms with Gasteiger partial charge < -0.3 is 5.32 Å². The number of hydrogen-bond donors (Lipinski definition) is 1. The van der Waals surface area contributed by atoms with Gasteiger partial charge in [0.25, 0.3) is 0 Å². The van der Waals surface area contributed by atoms with Gasteiger partial charge in [0.1, 0.15) is 11.6 Å². The van der Waals surface area contributed by atoms with Gasteiger partial charge in [-0.05, 0) is 42.5 Å². The van der Waals surface area contributed by atoms with Crippen LogP contribution in [0.5, 0.6) is 0 Å². The summed E-state index contributed by atoms with van der Waals surface area (Å²) >= 11 is 5.99. The van der Waals surface area contributed by atoms with E-state index in [-0.39, 0.29) is 0 Å². The summed E-state index contributed by atoms with van der Waals surface area (Å²) in [4.78, 5) is 0. The van der Waals surface area contributed by atoms with E-state index in [9.17, 15) is 8.78 Å². The highest BCUT2D eigenvalue weighted by Crippen LogP contribution is 2.37. The van der Waals surface area contributed by atoms with Crippen molar-refractivity contribution in [3.8, 4) is 0 Å². The minimum absolute atomic E-state index is 0.374. The monoisotopic (exact) mass is 307 g/mol. The highest BCUT2D eigenvalue weighted by molar-refractivity contribution is 6.30. The van der Waals surface area contributed by atoms with E-state index < -0.39 is 11.6 Å². The highest BCUT2D eigenvalue weighted by Gasteiger charge is 2.29. The molecule has 110 valence electrons. The minimum atomic E-state index is -0.541. The van der Waals surface area contributed by atoms with Crippen LogP contribution in [0.2, 0.25) is 5.02 Å². The molecule has 0 saturated heterocycles. The van der Waals surface area contributed by atoms with Crippen LogP contribution in [-0.4, -0.2) is 6.04 Å². The molecule has 4 heteroatoms. The summed E-state index contributed by atoms with van der Waals surface area (Å²) in [7, 11) is 0. The Labute approximate surface area is 127 Å². The molecular weight excluding hydrogens is 292 g/mol. The van der Waals surface area contributed by atoms with Crippen LogP contribution < -0.4 is 5.32 Å². The molecule has 0 heterocycles. The van der Waals surface area contributed by atoms with E-state index in [4.69, 9.17) is 11.6 Å². The molecule has 0 unspecified atom stereocenters. The number of rotatable bonds is 4. The molecule has 0 aliphatic heterocycles. The lowest BCUT2D eigenvalue weighted by molar-refractivity contribution is 0.288. The zero-order valence-corrected chi connectivity index (χ0v) is 12.2. The molecule has 3 rings (SSSR count). The smallest absolute Gasteiger partial charge is 0.130 e. The average Bonchev–Trinajstić information content (AvgIpc) is 2.39. The second-order valence-electron chi connectivity index (χ2n) is 5.54. The Hall–Kier alpha value is -1.45. The van der Waals surface area contributed by atoms with Crippen LogP contribution in [0.15, 0.2) is 42.5 Å². The van der Waals surface area contributed by atoms with Crippen molar-refractivity contribution in [2.75, 3.05) is 0 Å². The number of hydrogen-bond acceptors (Lipinski definition) is 1. The Bertz CT molecular complexity index is 638. The molecule has 1 fully saturated rings. The van der Waals surface area contributed by atoms with Gasteiger partial charge in [-0.3, -0.25) is 0 Å². The van der Waals surface area contributed by atoms with Crippen LogP contribution >= 0.6 is 11.6 Å². The summed E-state index contributed by atoms with van der Waals surface area (Å²) < 4.78 is 26.3. The van der Waals surface area contributed by atoms with Gasteiger partial charge in [-0.2, -0.15) is 0 Å². The van der Waals surface area contributed by atoms with Gasteiger partial charge in [-0.25, -0.2) is 8.78 Å². The first-order valence-electron chi connectivity index (χ1n) is 7.04. The molecule has 0 spiro atoms. The van der Waals surface area contributed by atoms with Gasteiger partial charge in [0.05, 0.1) is 0 Å². The standard InChI is InChI=1S/C17H16ClF2N/c18-14-3-1-2-11(6-14)13-7-16(8-13)21-10-12-4-5-15(19)9-17(12)20/h1-6,9,13,16,21H,7-8,10H2. The van der Waals surface area contributed by atoms with Crippen molar-refractivity contribution in [3.05, 3.63) is 70.2 Å². The normalized spacial score (nSPS) is 21.1. The predicted molar refractivity (Wildman–Crippen MR) is 80.4 cm³/mol. The molecule has 1 aliphatic carbocycles. The molecule has 0 radical (unpaired) electrons. The lowest BCUT2D eigenvalue weighted by Crippen LogP contribution is -2.39. The van der Waals surface area contributed by atoms with E-state index >= 15 is 0 Å². The van der Waals surface area contributed by atoms with E-state index in [1.807, 2.05) is 18.2 Å². The molecule has 0 bridgehead atoms. The van der Waals surface area contributed by atoms with Crippen LogP contribution in [0.4, 0.5) is 8.78 Å². The van der Waals surface area contributed by atoms with Gasteiger partial charge in [-0.15, -0.1) is 0 Å². The fourth-order valence-electron chi connectivity index (χ4n) is 2.74. The van der Waals surface area contributed by atoms with Gasteiger partial charge in [-0.1, -0.05) is 29.8 Å². The molecular formula is C17H16ClF2N. The average molecular weight is 308 g/mol. The maximum atomic E-state index is 13.5. The van der Waals surface area contributed by atoms with Crippen LogP contribution in [0.1, 0.15) is 29.9 Å². The first kappa shape index (κ1) is 14.5. The van der Waals surface area contributed by atoms with Gasteiger partial charge in [0.2, 0.25) is 0 Å². The molecule has 0 atom stereocenters. The quantitative estimate of drug-likeness (QED) is 0.866. The molecule has 0 amide bonds. The summed E-state index contributed by atoms with van der Waals surface area (Å²) in [6.45, 7) is 0.430. The van der Waals surface area contributed by atoms with Crippen molar-refractivity contribution in [3.63, 3.8) is 0 Å². The zero-order valence-electron chi connectivity index (χ0n) is 11.5. The number of benzene rings is 2. The van der Waals surface area contributed by atoms with Crippen LogP contribution in [0.3, 0.4) is 0 Å². The lowest BCUT2D eigenvalue weighted by Gasteiger charge is -2.36. The van der Waals surface area contributed by atoms with Crippen LogP contribution in [0.25, 0.3) is 0 Å². The Balaban J connectivity index is 1.51. The second-order valence-corrected chi connectivity index (χ2v) is 5.97. The van der Waals surface area contributed by atoms with Crippen molar-refractivity contribution in [2.45, 2.75) is 31.3 Å². The first-order valence-corrected chi connectivity index (χ1v) is 7.42. The molecule has 2 aromatic rings. The third-order valence-electron chi connectivity index (χ3n) is 4.05. The molecule has 1 N–H and O–H groups in total. The number of nitrogens with one attached hydrogen (secondary N) is 1. The van der Waals surface area contributed by atoms with Crippen molar-refractivity contribution in [1.82, 2.24) is 5.32 Å². The predicted octanol–water partition coefficient (Wildman–Crippen LogP) is 4.65. The van der Waals surface area contributed by atoms with Gasteiger partial charge >= 0.3 is 0 Å². The maximum absolute atomic E-state index is 13.5. The Morgan fingerprint density at radius 3 is 2.62 bits per heavy atom. The van der Waals surface area contributed by atoms with Gasteiger partial charge in [0, 0.05) is 29.2 Å². The van der Waals surface area contributed by atoms with E-state index in [2.05, 4.69) is 11.4 Å². The van der Waals surface area contributed by atoms with Crippen LogP contribution in [-0.2, 0) is 6.54 Å². The third-order valence-corrected chi connectivity index (χ3v) is 4.29. The Kier molecular flexibility index (Phi) is 4.22. The SMILES string of the molecule is Fc1ccc(CNC2CC(c3cccc(Cl)c3)C2)c(F)c1. The number of halogens is 3. The topological polar surface area (TPSA) is 12.0 Å².